The standard InChI is InChI=1S/6C6H7N.Cr.O.Os/c6*7-6-4-2-1-3-5-6;;;/h6*1-5H,7H2;;;/q;;;;;;+3;-2;+4. The fraction of sp³-hybridized carbons (Fsp3) is 0. The first-order chi connectivity index (χ1) is 20.4. The van der Waals surface area contributed by atoms with Crippen LogP contribution in [0.4, 0.5) is 34.1 Å². The van der Waals surface area contributed by atoms with Gasteiger partial charge >= 0.3 is 37.2 Å². The van der Waals surface area contributed by atoms with Crippen LogP contribution in [0.2, 0.25) is 0 Å². The van der Waals surface area contributed by atoms with Gasteiger partial charge in [-0.25, -0.2) is 0 Å². The van der Waals surface area contributed by atoms with Gasteiger partial charge in [0.1, 0.15) is 0 Å². The maximum absolute atomic E-state index is 5.36. The van der Waals surface area contributed by atoms with Crippen LogP contribution in [0.5, 0.6) is 0 Å². The summed E-state index contributed by atoms with van der Waals surface area (Å²) in [6.45, 7) is 0. The minimum atomic E-state index is 0. The maximum Gasteiger partial charge on any atom is 4.00 e. The molecule has 0 saturated heterocycles. The molecule has 0 bridgehead atoms. The smallest absolute Gasteiger partial charge is 2.00 e. The van der Waals surface area contributed by atoms with Crippen LogP contribution < -0.4 is 34.4 Å². The summed E-state index contributed by atoms with van der Waals surface area (Å²) in [6.07, 6.45) is 0. The normalized spacial score (nSPS) is 8.00. The minimum Gasteiger partial charge on any atom is -2.00 e. The molecule has 0 amide bonds. The van der Waals surface area contributed by atoms with Gasteiger partial charge in [0, 0.05) is 34.1 Å². The summed E-state index contributed by atoms with van der Waals surface area (Å²) in [6, 6.07) is 56.9. The number of hydrogen-bond donors (Lipinski definition) is 6. The Morgan fingerprint density at radius 1 is 0.222 bits per heavy atom. The summed E-state index contributed by atoms with van der Waals surface area (Å²) in [5.74, 6) is 0. The monoisotopic (exact) mass is 818 g/mol. The van der Waals surface area contributed by atoms with Crippen LogP contribution >= 0.6 is 0 Å². The predicted octanol–water partition coefficient (Wildman–Crippen LogP) is 7.49. The molecule has 0 fully saturated rings. The van der Waals surface area contributed by atoms with E-state index in [9.17, 15) is 0 Å². The number of nitrogen functional groups attached to an aromatic ring is 6. The van der Waals surface area contributed by atoms with Crippen molar-refractivity contribution < 1.29 is 42.6 Å². The summed E-state index contributed by atoms with van der Waals surface area (Å²) < 4.78 is 0. The molecular weight excluding hydrogens is 775 g/mol. The van der Waals surface area contributed by atoms with Gasteiger partial charge in [-0.15, -0.1) is 0 Å². The molecule has 9 heteroatoms. The van der Waals surface area contributed by atoms with Crippen molar-refractivity contribution in [1.82, 2.24) is 0 Å². The van der Waals surface area contributed by atoms with Crippen molar-refractivity contribution in [3.05, 3.63) is 182 Å². The molecule has 0 spiro atoms. The SMILES string of the molecule is Nc1ccccc1.Nc1ccccc1.Nc1ccccc1.Nc1ccccc1.Nc1ccccc1.Nc1ccccc1.[Cr+3].[O-2].[Os+4]. The van der Waals surface area contributed by atoms with Crippen LogP contribution in [0.3, 0.4) is 0 Å². The summed E-state index contributed by atoms with van der Waals surface area (Å²) >= 11 is 0. The van der Waals surface area contributed by atoms with E-state index in [4.69, 9.17) is 34.4 Å². The van der Waals surface area contributed by atoms with Crippen molar-refractivity contribution in [1.29, 1.82) is 0 Å². The molecule has 12 N–H and O–H groups in total. The van der Waals surface area contributed by atoms with Crippen LogP contribution in [-0.2, 0) is 42.6 Å². The summed E-state index contributed by atoms with van der Waals surface area (Å²) in [5, 5.41) is 0. The molecule has 6 aromatic rings. The van der Waals surface area contributed by atoms with Crippen molar-refractivity contribution in [3.63, 3.8) is 0 Å². The molecule has 0 saturated carbocycles. The molecular formula is C36H42CrN6OOs+5. The van der Waals surface area contributed by atoms with E-state index in [0.717, 1.165) is 34.1 Å². The van der Waals surface area contributed by atoms with E-state index in [0.29, 0.717) is 0 Å². The number of rotatable bonds is 0. The molecule has 0 aliphatic rings. The van der Waals surface area contributed by atoms with Gasteiger partial charge in [-0.3, -0.25) is 0 Å². The summed E-state index contributed by atoms with van der Waals surface area (Å²) in [7, 11) is 0. The quantitative estimate of drug-likeness (QED) is 0.0863. The number of nitrogens with two attached hydrogens (primary N) is 6. The third-order valence-electron chi connectivity index (χ3n) is 4.80. The van der Waals surface area contributed by atoms with Gasteiger partial charge in [-0.05, 0) is 72.8 Å². The van der Waals surface area contributed by atoms with Crippen LogP contribution in [0.1, 0.15) is 0 Å². The van der Waals surface area contributed by atoms with E-state index in [1.807, 2.05) is 182 Å². The zero-order valence-corrected chi connectivity index (χ0v) is 28.8. The molecule has 1 radical (unpaired) electrons. The van der Waals surface area contributed by atoms with Crippen molar-refractivity contribution in [2.75, 3.05) is 34.4 Å². The van der Waals surface area contributed by atoms with E-state index in [1.54, 1.807) is 0 Å². The third-order valence-corrected chi connectivity index (χ3v) is 4.80. The molecule has 45 heavy (non-hydrogen) atoms. The first-order valence-corrected chi connectivity index (χ1v) is 13.2. The van der Waals surface area contributed by atoms with E-state index in [-0.39, 0.29) is 42.6 Å². The second-order valence-corrected chi connectivity index (χ2v) is 8.46. The zero-order valence-electron chi connectivity index (χ0n) is 25.0. The van der Waals surface area contributed by atoms with Crippen molar-refractivity contribution in [3.8, 4) is 0 Å². The fourth-order valence-corrected chi connectivity index (χ4v) is 2.72. The van der Waals surface area contributed by atoms with Crippen LogP contribution in [0, 0.1) is 0 Å². The second kappa shape index (κ2) is 30.7. The summed E-state index contributed by atoms with van der Waals surface area (Å²) in [4.78, 5) is 0. The predicted molar refractivity (Wildman–Crippen MR) is 186 cm³/mol. The second-order valence-electron chi connectivity index (χ2n) is 8.46. The molecule has 0 atom stereocenters. The Hall–Kier alpha value is -4.75. The molecule has 231 valence electrons. The zero-order chi connectivity index (χ0) is 30.7. The van der Waals surface area contributed by atoms with Crippen LogP contribution in [0.25, 0.3) is 0 Å². The molecule has 7 nitrogen and oxygen atoms in total. The first-order valence-electron chi connectivity index (χ1n) is 13.2. The Labute approximate surface area is 291 Å². The molecule has 0 aliphatic heterocycles. The van der Waals surface area contributed by atoms with E-state index < -0.39 is 0 Å². The Morgan fingerprint density at radius 2 is 0.311 bits per heavy atom. The molecule has 0 aromatic heterocycles. The van der Waals surface area contributed by atoms with Gasteiger partial charge in [0.25, 0.3) is 0 Å². The van der Waals surface area contributed by atoms with Gasteiger partial charge in [0.05, 0.1) is 0 Å². The van der Waals surface area contributed by atoms with Gasteiger partial charge in [0.15, 0.2) is 0 Å². The average molecular weight is 817 g/mol. The van der Waals surface area contributed by atoms with E-state index in [1.165, 1.54) is 0 Å². The van der Waals surface area contributed by atoms with Crippen molar-refractivity contribution in [2.24, 2.45) is 0 Å². The van der Waals surface area contributed by atoms with Gasteiger partial charge in [-0.2, -0.15) is 0 Å². The molecule has 0 unspecified atom stereocenters. The molecule has 0 heterocycles. The van der Waals surface area contributed by atoms with E-state index in [2.05, 4.69) is 0 Å². The van der Waals surface area contributed by atoms with Gasteiger partial charge in [0.2, 0.25) is 0 Å². The Kier molecular flexibility index (Phi) is 30.5. The van der Waals surface area contributed by atoms with Crippen molar-refractivity contribution >= 4 is 34.1 Å². The van der Waals surface area contributed by atoms with Gasteiger partial charge in [-0.1, -0.05) is 109 Å². The Bertz CT molecular complexity index is 1120. The van der Waals surface area contributed by atoms with Gasteiger partial charge < -0.3 is 39.9 Å². The maximum atomic E-state index is 5.36. The number of benzene rings is 6. The molecule has 6 rings (SSSR count). The number of anilines is 6. The number of hydrogen-bond acceptors (Lipinski definition) is 6. The topological polar surface area (TPSA) is 185 Å². The molecule has 0 aliphatic carbocycles. The van der Waals surface area contributed by atoms with Crippen LogP contribution in [-0.4, -0.2) is 0 Å². The van der Waals surface area contributed by atoms with E-state index >= 15 is 0 Å². The third kappa shape index (κ3) is 29.1. The Morgan fingerprint density at radius 3 is 0.356 bits per heavy atom. The Balaban J connectivity index is -0.000000464. The van der Waals surface area contributed by atoms with Crippen molar-refractivity contribution in [2.45, 2.75) is 0 Å². The largest absolute Gasteiger partial charge is 4.00 e. The van der Waals surface area contributed by atoms with Crippen LogP contribution in [0.15, 0.2) is 182 Å². The minimum absolute atomic E-state index is 0. The number of para-hydroxylation sites is 6. The first kappa shape index (κ1) is 44.7. The fourth-order valence-electron chi connectivity index (χ4n) is 2.72. The molecule has 6 aromatic carbocycles. The average Bonchev–Trinajstić information content (AvgIpc) is 3.01. The summed E-state index contributed by atoms with van der Waals surface area (Å²) in [5.41, 5.74) is 37.1.